The third-order valence-electron chi connectivity index (χ3n) is 5.00. The first-order chi connectivity index (χ1) is 11.3. The van der Waals surface area contributed by atoms with Crippen LogP contribution in [-0.4, -0.2) is 12.5 Å². The van der Waals surface area contributed by atoms with Crippen molar-refractivity contribution in [1.29, 1.82) is 0 Å². The molecule has 23 heavy (non-hydrogen) atoms. The van der Waals surface area contributed by atoms with E-state index in [1.807, 2.05) is 30.3 Å². The summed E-state index contributed by atoms with van der Waals surface area (Å²) in [5, 5.41) is 3.19. The van der Waals surface area contributed by atoms with Gasteiger partial charge in [0.25, 0.3) is 5.91 Å². The minimum atomic E-state index is 0.0450. The molecule has 0 bridgehead atoms. The van der Waals surface area contributed by atoms with Gasteiger partial charge in [0.1, 0.15) is 0 Å². The third kappa shape index (κ3) is 4.22. The Bertz CT molecular complexity index is 615. The van der Waals surface area contributed by atoms with Gasteiger partial charge in [-0.2, -0.15) is 0 Å². The Morgan fingerprint density at radius 3 is 2.13 bits per heavy atom. The van der Waals surface area contributed by atoms with Gasteiger partial charge >= 0.3 is 0 Å². The molecule has 1 aliphatic rings. The van der Waals surface area contributed by atoms with Crippen LogP contribution in [0.2, 0.25) is 0 Å². The minimum absolute atomic E-state index is 0.0450. The highest BCUT2D eigenvalue weighted by Gasteiger charge is 2.32. The van der Waals surface area contributed by atoms with Crippen molar-refractivity contribution in [2.45, 2.75) is 38.5 Å². The molecule has 2 aromatic rings. The molecule has 0 aromatic heterocycles. The van der Waals surface area contributed by atoms with Gasteiger partial charge in [0.15, 0.2) is 0 Å². The fourth-order valence-electron chi connectivity index (χ4n) is 3.71. The molecule has 1 saturated carbocycles. The Balaban J connectivity index is 1.68. The molecule has 120 valence electrons. The third-order valence-corrected chi connectivity index (χ3v) is 5.00. The maximum atomic E-state index is 12.4. The van der Waals surface area contributed by atoms with Crippen LogP contribution in [0.15, 0.2) is 60.7 Å². The second-order valence-electron chi connectivity index (χ2n) is 6.77. The molecule has 0 heterocycles. The number of benzene rings is 2. The van der Waals surface area contributed by atoms with Gasteiger partial charge in [0, 0.05) is 12.1 Å². The number of rotatable bonds is 5. The highest BCUT2D eigenvalue weighted by atomic mass is 16.1. The zero-order valence-electron chi connectivity index (χ0n) is 13.6. The van der Waals surface area contributed by atoms with E-state index < -0.39 is 0 Å². The summed E-state index contributed by atoms with van der Waals surface area (Å²) in [5.74, 6) is 0.0450. The molecule has 0 unspecified atom stereocenters. The molecule has 0 saturated heterocycles. The summed E-state index contributed by atoms with van der Waals surface area (Å²) in [7, 11) is 0. The summed E-state index contributed by atoms with van der Waals surface area (Å²) in [6.45, 7) is 0.773. The first kappa shape index (κ1) is 15.8. The highest BCUT2D eigenvalue weighted by molar-refractivity contribution is 5.94. The van der Waals surface area contributed by atoms with E-state index in [4.69, 9.17) is 0 Å². The van der Waals surface area contributed by atoms with Crippen LogP contribution in [0.5, 0.6) is 0 Å². The molecule has 0 spiro atoms. The van der Waals surface area contributed by atoms with Gasteiger partial charge in [-0.3, -0.25) is 4.79 Å². The lowest BCUT2D eigenvalue weighted by atomic mass is 9.70. The second-order valence-corrected chi connectivity index (χ2v) is 6.77. The Labute approximate surface area is 138 Å². The zero-order valence-corrected chi connectivity index (χ0v) is 13.6. The van der Waals surface area contributed by atoms with Gasteiger partial charge in [0.05, 0.1) is 0 Å². The molecule has 1 aliphatic carbocycles. The van der Waals surface area contributed by atoms with Crippen molar-refractivity contribution < 1.29 is 4.79 Å². The van der Waals surface area contributed by atoms with E-state index in [1.54, 1.807) is 0 Å². The monoisotopic (exact) mass is 307 g/mol. The van der Waals surface area contributed by atoms with E-state index in [9.17, 15) is 4.79 Å². The van der Waals surface area contributed by atoms with Crippen LogP contribution >= 0.6 is 0 Å². The topological polar surface area (TPSA) is 29.1 Å². The Hall–Kier alpha value is -2.09. The highest BCUT2D eigenvalue weighted by Crippen LogP contribution is 2.38. The van der Waals surface area contributed by atoms with Crippen LogP contribution in [-0.2, 0) is 6.42 Å². The van der Waals surface area contributed by atoms with Crippen LogP contribution in [0.25, 0.3) is 0 Å². The predicted octanol–water partition coefficient (Wildman–Crippen LogP) is 4.61. The molecule has 2 heteroatoms. The van der Waals surface area contributed by atoms with Crippen molar-refractivity contribution in [2.24, 2.45) is 5.41 Å². The minimum Gasteiger partial charge on any atom is -0.351 e. The van der Waals surface area contributed by atoms with E-state index in [0.717, 1.165) is 18.5 Å². The second kappa shape index (κ2) is 7.45. The van der Waals surface area contributed by atoms with E-state index in [0.29, 0.717) is 0 Å². The molecule has 1 amide bonds. The predicted molar refractivity (Wildman–Crippen MR) is 94.4 cm³/mol. The largest absolute Gasteiger partial charge is 0.351 e. The quantitative estimate of drug-likeness (QED) is 0.858. The summed E-state index contributed by atoms with van der Waals surface area (Å²) in [6, 6.07) is 20.2. The van der Waals surface area contributed by atoms with Gasteiger partial charge in [-0.05, 0) is 42.4 Å². The van der Waals surface area contributed by atoms with E-state index in [1.165, 1.54) is 37.7 Å². The lowest BCUT2D eigenvalue weighted by molar-refractivity contribution is 0.0908. The Morgan fingerprint density at radius 2 is 1.48 bits per heavy atom. The number of amides is 1. The fraction of sp³-hybridized carbons (Fsp3) is 0.381. The Morgan fingerprint density at radius 1 is 0.870 bits per heavy atom. The first-order valence-corrected chi connectivity index (χ1v) is 8.65. The molecule has 1 N–H and O–H groups in total. The zero-order chi connectivity index (χ0) is 16.0. The molecule has 3 rings (SSSR count). The van der Waals surface area contributed by atoms with Gasteiger partial charge in [-0.15, -0.1) is 0 Å². The molecule has 0 radical (unpaired) electrons. The van der Waals surface area contributed by atoms with Gasteiger partial charge < -0.3 is 5.32 Å². The van der Waals surface area contributed by atoms with Gasteiger partial charge in [-0.1, -0.05) is 67.8 Å². The maximum absolute atomic E-state index is 12.4. The summed E-state index contributed by atoms with van der Waals surface area (Å²) in [5.41, 5.74) is 2.34. The summed E-state index contributed by atoms with van der Waals surface area (Å²) in [6.07, 6.45) is 7.34. The normalized spacial score (nSPS) is 16.7. The van der Waals surface area contributed by atoms with Gasteiger partial charge in [0.2, 0.25) is 0 Å². The van der Waals surface area contributed by atoms with Crippen LogP contribution < -0.4 is 5.32 Å². The van der Waals surface area contributed by atoms with E-state index in [2.05, 4.69) is 35.6 Å². The number of nitrogens with one attached hydrogen (secondary N) is 1. The smallest absolute Gasteiger partial charge is 0.251 e. The van der Waals surface area contributed by atoms with Crippen molar-refractivity contribution in [2.75, 3.05) is 6.54 Å². The maximum Gasteiger partial charge on any atom is 0.251 e. The van der Waals surface area contributed by atoms with Crippen molar-refractivity contribution in [1.82, 2.24) is 5.32 Å². The Kier molecular flexibility index (Phi) is 5.12. The van der Waals surface area contributed by atoms with Crippen LogP contribution in [0.1, 0.15) is 48.0 Å². The summed E-state index contributed by atoms with van der Waals surface area (Å²) in [4.78, 5) is 12.4. The fourth-order valence-corrected chi connectivity index (χ4v) is 3.71. The summed E-state index contributed by atoms with van der Waals surface area (Å²) < 4.78 is 0. The molecule has 2 aromatic carbocycles. The number of carbonyl (C=O) groups is 1. The van der Waals surface area contributed by atoms with Crippen LogP contribution in [0.4, 0.5) is 0 Å². The van der Waals surface area contributed by atoms with Crippen LogP contribution in [0, 0.1) is 5.41 Å². The standard InChI is InChI=1S/C21H25NO/c23-20(19-12-6-2-7-13-19)22-17-21(14-8-3-9-15-21)16-18-10-4-1-5-11-18/h1-2,4-7,10-13H,3,8-9,14-17H2,(H,22,23). The van der Waals surface area contributed by atoms with E-state index in [-0.39, 0.29) is 11.3 Å². The molecule has 0 atom stereocenters. The lowest BCUT2D eigenvalue weighted by Crippen LogP contribution is -2.40. The van der Waals surface area contributed by atoms with Crippen LogP contribution in [0.3, 0.4) is 0 Å². The molecule has 0 aliphatic heterocycles. The SMILES string of the molecule is O=C(NCC1(Cc2ccccc2)CCCCC1)c1ccccc1. The van der Waals surface area contributed by atoms with Crippen molar-refractivity contribution in [3.63, 3.8) is 0 Å². The lowest BCUT2D eigenvalue weighted by Gasteiger charge is -2.37. The molecule has 1 fully saturated rings. The molecular weight excluding hydrogens is 282 g/mol. The number of carbonyl (C=O) groups excluding carboxylic acids is 1. The number of hydrogen-bond acceptors (Lipinski definition) is 1. The van der Waals surface area contributed by atoms with Crippen molar-refractivity contribution in [3.8, 4) is 0 Å². The first-order valence-electron chi connectivity index (χ1n) is 8.65. The summed E-state index contributed by atoms with van der Waals surface area (Å²) >= 11 is 0. The average Bonchev–Trinajstić information content (AvgIpc) is 2.62. The van der Waals surface area contributed by atoms with Gasteiger partial charge in [-0.25, -0.2) is 0 Å². The van der Waals surface area contributed by atoms with Crippen molar-refractivity contribution >= 4 is 5.91 Å². The van der Waals surface area contributed by atoms with E-state index >= 15 is 0 Å². The molecular formula is C21H25NO. The number of hydrogen-bond donors (Lipinski definition) is 1. The molecule has 2 nitrogen and oxygen atoms in total. The van der Waals surface area contributed by atoms with Crippen molar-refractivity contribution in [3.05, 3.63) is 71.8 Å². The average molecular weight is 307 g/mol.